The molecule has 5 rings (SSSR count). The fraction of sp³-hybridized carbons (Fsp3) is 0.448. The number of likely N-dealkylation sites (tertiary alicyclic amines) is 1. The minimum Gasteiger partial charge on any atom is -0.488 e. The Hall–Kier alpha value is -3.73. The summed E-state index contributed by atoms with van der Waals surface area (Å²) in [6.45, 7) is 12.3. The molecule has 8 nitrogen and oxygen atoms in total. The zero-order chi connectivity index (χ0) is 29.0. The summed E-state index contributed by atoms with van der Waals surface area (Å²) in [6, 6.07) is 5.72. The maximum atomic E-state index is 13.8. The third kappa shape index (κ3) is 6.70. The molecule has 0 aliphatic carbocycles. The normalized spacial score (nSPS) is 15.8. The number of aromatic amines is 1. The first-order chi connectivity index (χ1) is 19.0. The van der Waals surface area contributed by atoms with Crippen LogP contribution in [0.2, 0.25) is 0 Å². The first-order valence-electron chi connectivity index (χ1n) is 13.5. The lowest BCUT2D eigenvalue weighted by Gasteiger charge is -2.19. The molecule has 1 aliphatic rings. The largest absolute Gasteiger partial charge is 0.488 e. The van der Waals surface area contributed by atoms with Crippen molar-refractivity contribution in [1.29, 1.82) is 0 Å². The molecule has 1 aromatic carbocycles. The minimum absolute atomic E-state index is 0.136. The van der Waals surface area contributed by atoms with Crippen molar-refractivity contribution in [2.24, 2.45) is 0 Å². The number of rotatable bonds is 6. The molecule has 1 N–H and O–H groups in total. The number of halogens is 3. The average molecular weight is 557 g/mol. The van der Waals surface area contributed by atoms with E-state index in [-0.39, 0.29) is 29.2 Å². The maximum Gasteiger partial charge on any atom is 0.419 e. The molecular weight excluding hydrogens is 521 g/mol. The van der Waals surface area contributed by atoms with Gasteiger partial charge >= 0.3 is 6.18 Å². The molecule has 11 heteroatoms. The molecule has 0 saturated carbocycles. The number of benzene rings is 1. The Morgan fingerprint density at radius 2 is 1.90 bits per heavy atom. The highest BCUT2D eigenvalue weighted by molar-refractivity contribution is 5.80. The van der Waals surface area contributed by atoms with E-state index < -0.39 is 17.3 Å². The number of nitrogens with zero attached hydrogens (tertiary/aromatic N) is 5. The Labute approximate surface area is 231 Å². The highest BCUT2D eigenvalue weighted by Crippen LogP contribution is 2.39. The van der Waals surface area contributed by atoms with Crippen molar-refractivity contribution >= 4 is 10.9 Å². The SMILES string of the molecule is CCC.CCN1CCC(Oc2cc3nc(Cc4ccc(-n5cc(C)c(C)n5)nc4)[nH]c(=O)c3cc2C(F)(F)F)C1. The van der Waals surface area contributed by atoms with Crippen molar-refractivity contribution in [1.82, 2.24) is 29.6 Å². The summed E-state index contributed by atoms with van der Waals surface area (Å²) in [5.74, 6) is 0.666. The maximum absolute atomic E-state index is 13.8. The quantitative estimate of drug-likeness (QED) is 0.332. The van der Waals surface area contributed by atoms with Crippen LogP contribution in [0.4, 0.5) is 13.2 Å². The molecule has 0 radical (unpaired) electrons. The van der Waals surface area contributed by atoms with Crippen LogP contribution < -0.4 is 10.3 Å². The van der Waals surface area contributed by atoms with E-state index in [1.807, 2.05) is 39.1 Å². The molecule has 0 amide bonds. The van der Waals surface area contributed by atoms with Gasteiger partial charge in [0.25, 0.3) is 5.56 Å². The number of nitrogens with one attached hydrogen (secondary N) is 1. The number of pyridine rings is 1. The topological polar surface area (TPSA) is 88.9 Å². The predicted octanol–water partition coefficient (Wildman–Crippen LogP) is 5.62. The van der Waals surface area contributed by atoms with Crippen LogP contribution in [-0.4, -0.2) is 55.4 Å². The first kappa shape index (κ1) is 29.3. The van der Waals surface area contributed by atoms with Crippen LogP contribution in [0.15, 0.2) is 41.5 Å². The predicted molar refractivity (Wildman–Crippen MR) is 148 cm³/mol. The van der Waals surface area contributed by atoms with Gasteiger partial charge < -0.3 is 9.72 Å². The Bertz CT molecular complexity index is 1490. The number of H-pyrrole nitrogens is 1. The second-order valence-corrected chi connectivity index (χ2v) is 10.0. The lowest BCUT2D eigenvalue weighted by atomic mass is 10.1. The Kier molecular flexibility index (Phi) is 8.92. The zero-order valence-electron chi connectivity index (χ0n) is 23.5. The highest BCUT2D eigenvalue weighted by Gasteiger charge is 2.36. The van der Waals surface area contributed by atoms with E-state index in [0.717, 1.165) is 36.0 Å². The molecule has 0 bridgehead atoms. The van der Waals surface area contributed by atoms with Gasteiger partial charge in [0.15, 0.2) is 5.82 Å². The van der Waals surface area contributed by atoms with E-state index in [2.05, 4.69) is 38.8 Å². The van der Waals surface area contributed by atoms with Gasteiger partial charge in [-0.25, -0.2) is 14.6 Å². The van der Waals surface area contributed by atoms with Gasteiger partial charge in [0.05, 0.1) is 22.2 Å². The first-order valence-corrected chi connectivity index (χ1v) is 13.5. The average Bonchev–Trinajstić information content (AvgIpc) is 3.49. The molecule has 1 atom stereocenters. The number of hydrogen-bond donors (Lipinski definition) is 1. The number of likely N-dealkylation sites (N-methyl/N-ethyl adjacent to an activating group) is 1. The van der Waals surface area contributed by atoms with E-state index in [4.69, 9.17) is 4.74 Å². The van der Waals surface area contributed by atoms with Crippen molar-refractivity contribution in [3.8, 4) is 11.6 Å². The summed E-state index contributed by atoms with van der Waals surface area (Å²) in [7, 11) is 0. The minimum atomic E-state index is -4.67. The number of aromatic nitrogens is 5. The van der Waals surface area contributed by atoms with Crippen LogP contribution in [-0.2, 0) is 12.6 Å². The van der Waals surface area contributed by atoms with Gasteiger partial charge in [0.2, 0.25) is 0 Å². The summed E-state index contributed by atoms with van der Waals surface area (Å²) in [4.78, 5) is 26.4. The second kappa shape index (κ2) is 12.2. The van der Waals surface area contributed by atoms with E-state index in [9.17, 15) is 18.0 Å². The van der Waals surface area contributed by atoms with Crippen LogP contribution in [0.25, 0.3) is 16.7 Å². The molecule has 1 aliphatic heterocycles. The number of ether oxygens (including phenoxy) is 1. The summed E-state index contributed by atoms with van der Waals surface area (Å²) >= 11 is 0. The summed E-state index contributed by atoms with van der Waals surface area (Å²) < 4.78 is 49.0. The van der Waals surface area contributed by atoms with Gasteiger partial charge in [-0.2, -0.15) is 18.3 Å². The van der Waals surface area contributed by atoms with Gasteiger partial charge in [-0.05, 0) is 50.1 Å². The van der Waals surface area contributed by atoms with Crippen molar-refractivity contribution in [3.63, 3.8) is 0 Å². The molecule has 0 spiro atoms. The van der Waals surface area contributed by atoms with Crippen LogP contribution in [0.3, 0.4) is 0 Å². The number of alkyl halides is 3. The molecule has 1 unspecified atom stereocenters. The Morgan fingerprint density at radius 3 is 2.48 bits per heavy atom. The van der Waals surface area contributed by atoms with Crippen LogP contribution >= 0.6 is 0 Å². The highest BCUT2D eigenvalue weighted by atomic mass is 19.4. The van der Waals surface area contributed by atoms with Gasteiger partial charge in [0, 0.05) is 38.0 Å². The van der Waals surface area contributed by atoms with Crippen LogP contribution in [0.5, 0.6) is 5.75 Å². The lowest BCUT2D eigenvalue weighted by Crippen LogP contribution is -2.25. The molecule has 214 valence electrons. The third-order valence-electron chi connectivity index (χ3n) is 6.69. The number of aryl methyl sites for hydroxylation is 2. The van der Waals surface area contributed by atoms with Gasteiger partial charge in [0.1, 0.15) is 17.7 Å². The zero-order valence-corrected chi connectivity index (χ0v) is 23.5. The van der Waals surface area contributed by atoms with Crippen molar-refractivity contribution < 1.29 is 17.9 Å². The van der Waals surface area contributed by atoms with E-state index in [1.165, 1.54) is 12.5 Å². The molecule has 3 aromatic heterocycles. The summed E-state index contributed by atoms with van der Waals surface area (Å²) in [5, 5.41) is 4.28. The van der Waals surface area contributed by atoms with Gasteiger partial charge in [-0.3, -0.25) is 9.69 Å². The van der Waals surface area contributed by atoms with Crippen molar-refractivity contribution in [2.45, 2.75) is 66.2 Å². The molecule has 1 saturated heterocycles. The standard InChI is InChI=1S/C26H27F3N6O2.C3H8/c1-4-34-8-7-18(14-34)37-22-11-21-19(10-20(22)26(27,28)29)25(36)32-23(31-21)9-17-5-6-24(30-12-17)35-13-15(2)16(3)33-35;1-3-2/h5-6,10-13,18H,4,7-9,14H2,1-3H3,(H,31,32,36);3H2,1-2H3. The van der Waals surface area contributed by atoms with Gasteiger partial charge in [-0.1, -0.05) is 33.3 Å². The molecule has 40 heavy (non-hydrogen) atoms. The fourth-order valence-electron chi connectivity index (χ4n) is 4.49. The molecule has 1 fully saturated rings. The Morgan fingerprint density at radius 1 is 1.15 bits per heavy atom. The second-order valence-electron chi connectivity index (χ2n) is 10.0. The van der Waals surface area contributed by atoms with E-state index in [1.54, 1.807) is 10.9 Å². The summed E-state index contributed by atoms with van der Waals surface area (Å²) in [6.07, 6.45) is 0.661. The smallest absolute Gasteiger partial charge is 0.419 e. The van der Waals surface area contributed by atoms with Crippen molar-refractivity contribution in [2.75, 3.05) is 19.6 Å². The van der Waals surface area contributed by atoms with Crippen LogP contribution in [0, 0.1) is 13.8 Å². The van der Waals surface area contributed by atoms with Crippen LogP contribution in [0.1, 0.15) is 61.8 Å². The lowest BCUT2D eigenvalue weighted by molar-refractivity contribution is -0.139. The molecule has 4 heterocycles. The Balaban J connectivity index is 0.00000118. The number of fused-ring (bicyclic) bond motifs is 1. The summed E-state index contributed by atoms with van der Waals surface area (Å²) in [5.41, 5.74) is 1.29. The van der Waals surface area contributed by atoms with E-state index in [0.29, 0.717) is 24.6 Å². The van der Waals surface area contributed by atoms with E-state index >= 15 is 0 Å². The number of hydrogen-bond acceptors (Lipinski definition) is 6. The van der Waals surface area contributed by atoms with Gasteiger partial charge in [-0.15, -0.1) is 0 Å². The van der Waals surface area contributed by atoms with Crippen molar-refractivity contribution in [3.05, 3.63) is 75.2 Å². The fourth-order valence-corrected chi connectivity index (χ4v) is 4.49. The molecular formula is C29H35F3N6O2. The third-order valence-corrected chi connectivity index (χ3v) is 6.69. The monoisotopic (exact) mass is 556 g/mol. The molecule has 4 aromatic rings.